The summed E-state index contributed by atoms with van der Waals surface area (Å²) in [5.74, 6) is -0.190. The van der Waals surface area contributed by atoms with Gasteiger partial charge in [-0.2, -0.15) is 0 Å². The van der Waals surface area contributed by atoms with Gasteiger partial charge >= 0.3 is 0 Å². The Morgan fingerprint density at radius 3 is 2.56 bits per heavy atom. The molecular formula is C21H16N4OS. The maximum absolute atomic E-state index is 12.4. The maximum Gasteiger partial charge on any atom is 0.271 e. The highest BCUT2D eigenvalue weighted by molar-refractivity contribution is 7.13. The number of carbonyl (C=O) groups is 1. The molecule has 1 aromatic carbocycles. The van der Waals surface area contributed by atoms with Crippen molar-refractivity contribution < 1.29 is 4.79 Å². The first-order valence-electron chi connectivity index (χ1n) is 8.44. The highest BCUT2D eigenvalue weighted by atomic mass is 32.1. The second-order valence-corrected chi connectivity index (χ2v) is 6.74. The van der Waals surface area contributed by atoms with Crippen molar-refractivity contribution >= 4 is 17.2 Å². The van der Waals surface area contributed by atoms with Crippen LogP contribution in [0.1, 0.15) is 16.1 Å². The van der Waals surface area contributed by atoms with Gasteiger partial charge in [0.25, 0.3) is 5.91 Å². The molecule has 6 heteroatoms. The highest BCUT2D eigenvalue weighted by Gasteiger charge is 2.11. The van der Waals surface area contributed by atoms with Gasteiger partial charge in [-0.15, -0.1) is 11.3 Å². The fourth-order valence-corrected chi connectivity index (χ4v) is 3.38. The molecule has 132 valence electrons. The van der Waals surface area contributed by atoms with Crippen molar-refractivity contribution in [2.75, 3.05) is 0 Å². The molecule has 0 atom stereocenters. The molecule has 0 saturated heterocycles. The van der Waals surface area contributed by atoms with Gasteiger partial charge in [-0.05, 0) is 23.8 Å². The lowest BCUT2D eigenvalue weighted by Crippen LogP contribution is -2.23. The smallest absolute Gasteiger partial charge is 0.271 e. The fourth-order valence-electron chi connectivity index (χ4n) is 2.58. The third-order valence-corrected chi connectivity index (χ3v) is 4.88. The van der Waals surface area contributed by atoms with Gasteiger partial charge in [0.05, 0.1) is 5.69 Å². The minimum absolute atomic E-state index is 0.190. The van der Waals surface area contributed by atoms with Crippen LogP contribution in [0.4, 0.5) is 0 Å². The lowest BCUT2D eigenvalue weighted by molar-refractivity contribution is 0.0946. The molecule has 4 rings (SSSR count). The largest absolute Gasteiger partial charge is 0.347 e. The fraction of sp³-hybridized carbons (Fsp3) is 0.0476. The molecule has 3 aromatic heterocycles. The Bertz CT molecular complexity index is 1030. The number of carbonyl (C=O) groups excluding carboxylic acids is 1. The number of hydrogen-bond acceptors (Lipinski definition) is 5. The van der Waals surface area contributed by atoms with Crippen molar-refractivity contribution in [3.63, 3.8) is 0 Å². The first-order valence-corrected chi connectivity index (χ1v) is 9.32. The Hall–Kier alpha value is -3.38. The van der Waals surface area contributed by atoms with E-state index in [4.69, 9.17) is 0 Å². The van der Waals surface area contributed by atoms with Crippen molar-refractivity contribution in [1.29, 1.82) is 0 Å². The van der Waals surface area contributed by atoms with Crippen LogP contribution >= 0.6 is 11.3 Å². The first-order chi connectivity index (χ1) is 13.3. The Morgan fingerprint density at radius 2 is 1.81 bits per heavy atom. The summed E-state index contributed by atoms with van der Waals surface area (Å²) in [5, 5.41) is 5.51. The van der Waals surface area contributed by atoms with E-state index >= 15 is 0 Å². The van der Waals surface area contributed by atoms with Crippen LogP contribution in [0.2, 0.25) is 0 Å². The van der Waals surface area contributed by atoms with Crippen LogP contribution in [0.15, 0.2) is 78.6 Å². The predicted molar refractivity (Wildman–Crippen MR) is 106 cm³/mol. The van der Waals surface area contributed by atoms with E-state index in [-0.39, 0.29) is 5.91 Å². The Kier molecular flexibility index (Phi) is 4.98. The summed E-state index contributed by atoms with van der Waals surface area (Å²) < 4.78 is 0. The van der Waals surface area contributed by atoms with Crippen LogP contribution in [-0.4, -0.2) is 20.9 Å². The molecule has 1 N–H and O–H groups in total. The zero-order chi connectivity index (χ0) is 18.5. The summed E-state index contributed by atoms with van der Waals surface area (Å²) >= 11 is 1.46. The standard InChI is InChI=1S/C21H16N4OS/c26-20(19-14-27-21(25-19)16-5-2-1-3-6-16)24-12-15-8-9-18(23-11-15)17-7-4-10-22-13-17/h1-11,13-14H,12H2,(H,24,26). The van der Waals surface area contributed by atoms with Crippen LogP contribution in [0.25, 0.3) is 21.8 Å². The summed E-state index contributed by atoms with van der Waals surface area (Å²) in [4.78, 5) is 25.3. The zero-order valence-corrected chi connectivity index (χ0v) is 15.2. The van der Waals surface area contributed by atoms with E-state index in [1.165, 1.54) is 11.3 Å². The summed E-state index contributed by atoms with van der Waals surface area (Å²) in [5.41, 5.74) is 4.18. The minimum atomic E-state index is -0.190. The molecule has 1 amide bonds. The number of nitrogens with one attached hydrogen (secondary N) is 1. The number of pyridine rings is 2. The van der Waals surface area contributed by atoms with Gasteiger partial charge in [0.1, 0.15) is 10.7 Å². The van der Waals surface area contributed by atoms with Crippen molar-refractivity contribution in [2.24, 2.45) is 0 Å². The molecule has 0 spiro atoms. The van der Waals surface area contributed by atoms with Crippen molar-refractivity contribution in [1.82, 2.24) is 20.3 Å². The Balaban J connectivity index is 1.39. The number of nitrogens with zero attached hydrogens (tertiary/aromatic N) is 3. The zero-order valence-electron chi connectivity index (χ0n) is 14.4. The summed E-state index contributed by atoms with van der Waals surface area (Å²) in [6.45, 7) is 0.400. The van der Waals surface area contributed by atoms with Crippen LogP contribution in [0.5, 0.6) is 0 Å². The third-order valence-electron chi connectivity index (χ3n) is 3.99. The van der Waals surface area contributed by atoms with Gasteiger partial charge in [0.15, 0.2) is 0 Å². The van der Waals surface area contributed by atoms with Crippen LogP contribution in [0.3, 0.4) is 0 Å². The minimum Gasteiger partial charge on any atom is -0.347 e. The quantitative estimate of drug-likeness (QED) is 0.570. The van der Waals surface area contributed by atoms with Crippen LogP contribution < -0.4 is 5.32 Å². The van der Waals surface area contributed by atoms with E-state index in [9.17, 15) is 4.79 Å². The molecule has 27 heavy (non-hydrogen) atoms. The van der Waals surface area contributed by atoms with Crippen molar-refractivity contribution in [3.05, 3.63) is 89.8 Å². The second kappa shape index (κ2) is 7.88. The summed E-state index contributed by atoms with van der Waals surface area (Å²) in [7, 11) is 0. The number of aromatic nitrogens is 3. The Morgan fingerprint density at radius 1 is 0.963 bits per heavy atom. The molecule has 0 bridgehead atoms. The second-order valence-electron chi connectivity index (χ2n) is 5.88. The third kappa shape index (κ3) is 4.07. The van der Waals surface area contributed by atoms with E-state index in [0.717, 1.165) is 27.4 Å². The lowest BCUT2D eigenvalue weighted by atomic mass is 10.1. The SMILES string of the molecule is O=C(NCc1ccc(-c2cccnc2)nc1)c1csc(-c2ccccc2)n1. The summed E-state index contributed by atoms with van der Waals surface area (Å²) in [6.07, 6.45) is 5.27. The molecule has 3 heterocycles. The predicted octanol–water partition coefficient (Wildman–Crippen LogP) is 4.20. The topological polar surface area (TPSA) is 67.8 Å². The molecule has 0 aliphatic heterocycles. The lowest BCUT2D eigenvalue weighted by Gasteiger charge is -2.05. The van der Waals surface area contributed by atoms with Gasteiger partial charge in [0, 0.05) is 41.6 Å². The molecule has 0 radical (unpaired) electrons. The number of amides is 1. The van der Waals surface area contributed by atoms with Crippen molar-refractivity contribution in [3.8, 4) is 21.8 Å². The molecule has 0 aliphatic rings. The number of benzene rings is 1. The first kappa shape index (κ1) is 17.1. The normalized spacial score (nSPS) is 10.5. The van der Waals surface area contributed by atoms with Crippen molar-refractivity contribution in [2.45, 2.75) is 6.54 Å². The van der Waals surface area contributed by atoms with E-state index in [1.54, 1.807) is 24.0 Å². The molecule has 5 nitrogen and oxygen atoms in total. The van der Waals surface area contributed by atoms with Gasteiger partial charge in [-0.25, -0.2) is 4.98 Å². The molecule has 0 saturated carbocycles. The molecule has 0 unspecified atom stereocenters. The monoisotopic (exact) mass is 372 g/mol. The van der Waals surface area contributed by atoms with Crippen LogP contribution in [-0.2, 0) is 6.54 Å². The van der Waals surface area contributed by atoms with Gasteiger partial charge in [0.2, 0.25) is 0 Å². The molecule has 0 aliphatic carbocycles. The van der Waals surface area contributed by atoms with Gasteiger partial charge in [-0.3, -0.25) is 14.8 Å². The van der Waals surface area contributed by atoms with Gasteiger partial charge < -0.3 is 5.32 Å². The van der Waals surface area contributed by atoms with Crippen LogP contribution in [0, 0.1) is 0 Å². The number of rotatable bonds is 5. The molecule has 4 aromatic rings. The highest BCUT2D eigenvalue weighted by Crippen LogP contribution is 2.23. The number of thiazole rings is 1. The maximum atomic E-state index is 12.4. The van der Waals surface area contributed by atoms with Gasteiger partial charge in [-0.1, -0.05) is 36.4 Å². The van der Waals surface area contributed by atoms with E-state index in [0.29, 0.717) is 12.2 Å². The Labute approximate surface area is 160 Å². The van der Waals surface area contributed by atoms with E-state index < -0.39 is 0 Å². The summed E-state index contributed by atoms with van der Waals surface area (Å²) in [6, 6.07) is 17.6. The molecule has 0 fully saturated rings. The molecular weight excluding hydrogens is 356 g/mol. The average molecular weight is 372 g/mol. The van der Waals surface area contributed by atoms with E-state index in [2.05, 4.69) is 20.3 Å². The average Bonchev–Trinajstić information content (AvgIpc) is 3.24. The van der Waals surface area contributed by atoms with E-state index in [1.807, 2.05) is 54.6 Å². The number of hydrogen-bond donors (Lipinski definition) is 1.